The molecule has 5 nitrogen and oxygen atoms in total. The molecule has 2 aromatic heterocycles. The fraction of sp³-hybridized carbons (Fsp3) is 0.136. The summed E-state index contributed by atoms with van der Waals surface area (Å²) in [4.78, 5) is 13.0. The minimum Gasteiger partial charge on any atom is -0.384 e. The number of pyridine rings is 1. The number of alkyl halides is 6. The van der Waals surface area contributed by atoms with Gasteiger partial charge < -0.3 is 10.6 Å². The smallest absolute Gasteiger partial charge is 0.384 e. The highest BCUT2D eigenvalue weighted by Gasteiger charge is 2.34. The van der Waals surface area contributed by atoms with Gasteiger partial charge in [-0.25, -0.2) is 4.98 Å². The molecule has 0 atom stereocenters. The van der Waals surface area contributed by atoms with Gasteiger partial charge in [0, 0.05) is 28.9 Å². The molecule has 170 valence electrons. The first-order valence-electron chi connectivity index (χ1n) is 9.51. The quantitative estimate of drug-likeness (QED) is 0.377. The van der Waals surface area contributed by atoms with Gasteiger partial charge in [0.05, 0.1) is 16.8 Å². The van der Waals surface area contributed by atoms with Crippen molar-refractivity contribution in [1.29, 1.82) is 0 Å². The van der Waals surface area contributed by atoms with Gasteiger partial charge >= 0.3 is 12.4 Å². The molecule has 0 aliphatic rings. The molecule has 0 spiro atoms. The summed E-state index contributed by atoms with van der Waals surface area (Å²) in [6.45, 7) is -1.53. The first-order valence-corrected chi connectivity index (χ1v) is 9.51. The molecular formula is C22H15F6N5. The summed E-state index contributed by atoms with van der Waals surface area (Å²) in [5.74, 6) is -0.501. The summed E-state index contributed by atoms with van der Waals surface area (Å²) >= 11 is 0. The largest absolute Gasteiger partial charge is 0.416 e. The van der Waals surface area contributed by atoms with Crippen LogP contribution in [-0.4, -0.2) is 27.7 Å². The van der Waals surface area contributed by atoms with Gasteiger partial charge in [0.2, 0.25) is 5.95 Å². The maximum atomic E-state index is 13.3. The summed E-state index contributed by atoms with van der Waals surface area (Å²) in [5.41, 5.74) is 6.11. The van der Waals surface area contributed by atoms with E-state index in [0.29, 0.717) is 28.1 Å². The lowest BCUT2D eigenvalue weighted by Crippen LogP contribution is -2.32. The highest BCUT2D eigenvalue weighted by molar-refractivity contribution is 5.83. The van der Waals surface area contributed by atoms with Crippen LogP contribution >= 0.6 is 0 Å². The molecule has 2 heterocycles. The van der Waals surface area contributed by atoms with Crippen molar-refractivity contribution in [1.82, 2.24) is 15.0 Å². The molecule has 0 unspecified atom stereocenters. The minimum absolute atomic E-state index is 0.102. The van der Waals surface area contributed by atoms with Gasteiger partial charge in [0.25, 0.3) is 0 Å². The van der Waals surface area contributed by atoms with Gasteiger partial charge in [-0.2, -0.15) is 31.3 Å². The van der Waals surface area contributed by atoms with Crippen LogP contribution in [0.5, 0.6) is 0 Å². The molecule has 0 aliphatic heterocycles. The average Bonchev–Trinajstić information content (AvgIpc) is 2.75. The van der Waals surface area contributed by atoms with Gasteiger partial charge in [-0.1, -0.05) is 18.2 Å². The van der Waals surface area contributed by atoms with E-state index in [1.54, 1.807) is 30.5 Å². The number of halogens is 6. The highest BCUT2D eigenvalue weighted by Crippen LogP contribution is 2.34. The third kappa shape index (κ3) is 5.13. The summed E-state index contributed by atoms with van der Waals surface area (Å²) in [6, 6.07) is 13.5. The summed E-state index contributed by atoms with van der Waals surface area (Å²) in [6.07, 6.45) is -7.72. The van der Waals surface area contributed by atoms with Crippen LogP contribution < -0.4 is 10.6 Å². The maximum absolute atomic E-state index is 13.3. The van der Waals surface area contributed by atoms with E-state index in [1.807, 2.05) is 6.07 Å². The van der Waals surface area contributed by atoms with Crippen LogP contribution in [0.15, 0.2) is 66.9 Å². The number of benzene rings is 2. The number of hydrogen-bond acceptors (Lipinski definition) is 5. The van der Waals surface area contributed by atoms with Crippen LogP contribution in [0, 0.1) is 0 Å². The Kier molecular flexibility index (Phi) is 5.56. The van der Waals surface area contributed by atoms with Gasteiger partial charge in [-0.05, 0) is 36.4 Å². The van der Waals surface area contributed by atoms with E-state index in [-0.39, 0.29) is 17.2 Å². The number of aromatic nitrogens is 3. The zero-order valence-corrected chi connectivity index (χ0v) is 16.7. The average molecular weight is 463 g/mol. The van der Waals surface area contributed by atoms with Crippen LogP contribution in [0.2, 0.25) is 0 Å². The Labute approximate surface area is 183 Å². The van der Waals surface area contributed by atoms with E-state index in [2.05, 4.69) is 15.0 Å². The van der Waals surface area contributed by atoms with Crippen molar-refractivity contribution in [3.8, 4) is 11.3 Å². The third-order valence-electron chi connectivity index (χ3n) is 4.72. The van der Waals surface area contributed by atoms with E-state index < -0.39 is 30.4 Å². The van der Waals surface area contributed by atoms with Crippen LogP contribution in [0.4, 0.5) is 43.8 Å². The molecule has 2 aromatic carbocycles. The second-order valence-corrected chi connectivity index (χ2v) is 7.13. The number of nitrogens with two attached hydrogens (primary N) is 1. The third-order valence-corrected chi connectivity index (χ3v) is 4.72. The SMILES string of the molecule is Nc1cc(-c2ccc3cccnc3c2)nc(N(CC(F)(F)F)c2ccc(C(F)(F)F)cc2)n1. The predicted molar refractivity (Wildman–Crippen MR) is 112 cm³/mol. The number of hydrogen-bond donors (Lipinski definition) is 1. The normalized spacial score (nSPS) is 12.2. The molecule has 0 bridgehead atoms. The molecule has 33 heavy (non-hydrogen) atoms. The predicted octanol–water partition coefficient (Wildman–Crippen LogP) is 5.99. The Morgan fingerprint density at radius 3 is 2.24 bits per heavy atom. The van der Waals surface area contributed by atoms with Crippen molar-refractivity contribution in [2.75, 3.05) is 17.2 Å². The molecule has 0 aliphatic carbocycles. The lowest BCUT2D eigenvalue weighted by atomic mass is 10.1. The zero-order chi connectivity index (χ0) is 23.8. The minimum atomic E-state index is -4.69. The molecule has 0 radical (unpaired) electrons. The zero-order valence-electron chi connectivity index (χ0n) is 16.7. The fourth-order valence-corrected chi connectivity index (χ4v) is 3.23. The Bertz CT molecular complexity index is 1290. The Hall–Kier alpha value is -3.89. The van der Waals surface area contributed by atoms with Crippen molar-refractivity contribution < 1.29 is 26.3 Å². The first kappa shape index (κ1) is 22.3. The van der Waals surface area contributed by atoms with E-state index in [0.717, 1.165) is 17.5 Å². The van der Waals surface area contributed by atoms with Crippen molar-refractivity contribution in [3.05, 3.63) is 72.4 Å². The van der Waals surface area contributed by atoms with Crippen molar-refractivity contribution >= 4 is 28.4 Å². The van der Waals surface area contributed by atoms with E-state index in [9.17, 15) is 26.3 Å². The lowest BCUT2D eigenvalue weighted by molar-refractivity contribution is -0.137. The molecule has 0 fully saturated rings. The summed E-state index contributed by atoms with van der Waals surface area (Å²) < 4.78 is 78.6. The van der Waals surface area contributed by atoms with Crippen molar-refractivity contribution in [3.63, 3.8) is 0 Å². The molecule has 4 rings (SSSR count). The van der Waals surface area contributed by atoms with Crippen LogP contribution in [0.3, 0.4) is 0 Å². The topological polar surface area (TPSA) is 67.9 Å². The highest BCUT2D eigenvalue weighted by atomic mass is 19.4. The van der Waals surface area contributed by atoms with Crippen molar-refractivity contribution in [2.45, 2.75) is 12.4 Å². The van der Waals surface area contributed by atoms with E-state index in [4.69, 9.17) is 5.73 Å². The summed E-state index contributed by atoms with van der Waals surface area (Å²) in [7, 11) is 0. The molecule has 0 saturated carbocycles. The monoisotopic (exact) mass is 463 g/mol. The molecule has 4 aromatic rings. The van der Waals surface area contributed by atoms with E-state index >= 15 is 0 Å². The van der Waals surface area contributed by atoms with Crippen molar-refractivity contribution in [2.24, 2.45) is 0 Å². The van der Waals surface area contributed by atoms with E-state index in [1.165, 1.54) is 6.07 Å². The van der Waals surface area contributed by atoms with Crippen LogP contribution in [0.1, 0.15) is 5.56 Å². The van der Waals surface area contributed by atoms with Gasteiger partial charge in [0.15, 0.2) is 0 Å². The molecular weight excluding hydrogens is 448 g/mol. The lowest BCUT2D eigenvalue weighted by Gasteiger charge is -2.25. The number of rotatable bonds is 4. The molecule has 0 saturated heterocycles. The molecule has 0 amide bonds. The first-order chi connectivity index (χ1) is 15.5. The maximum Gasteiger partial charge on any atom is 0.416 e. The number of fused-ring (bicyclic) bond motifs is 1. The van der Waals surface area contributed by atoms with Crippen LogP contribution in [-0.2, 0) is 6.18 Å². The Balaban J connectivity index is 1.79. The van der Waals surface area contributed by atoms with Gasteiger partial charge in [0.1, 0.15) is 12.4 Å². The number of nitrogens with zero attached hydrogens (tertiary/aromatic N) is 4. The molecule has 2 N–H and O–H groups in total. The standard InChI is InChI=1S/C22H15F6N5/c23-21(24,25)12-33(16-7-5-15(6-8-16)22(26,27)28)20-31-18(11-19(29)32-20)14-4-3-13-2-1-9-30-17(13)10-14/h1-11H,12H2,(H2,29,31,32). The second kappa shape index (κ2) is 8.23. The van der Waals surface area contributed by atoms with Gasteiger partial charge in [-0.15, -0.1) is 0 Å². The summed E-state index contributed by atoms with van der Waals surface area (Å²) in [5, 5.41) is 0.854. The number of nitrogen functional groups attached to an aromatic ring is 1. The van der Waals surface area contributed by atoms with Gasteiger partial charge in [-0.3, -0.25) is 4.98 Å². The Morgan fingerprint density at radius 1 is 0.848 bits per heavy atom. The fourth-order valence-electron chi connectivity index (χ4n) is 3.23. The molecule has 11 heteroatoms. The Morgan fingerprint density at radius 2 is 1.58 bits per heavy atom. The van der Waals surface area contributed by atoms with Crippen LogP contribution in [0.25, 0.3) is 22.2 Å². The second-order valence-electron chi connectivity index (χ2n) is 7.13. The number of anilines is 3.